The van der Waals surface area contributed by atoms with Crippen LogP contribution in [0.4, 0.5) is 0 Å². The van der Waals surface area contributed by atoms with Gasteiger partial charge in [0.05, 0.1) is 6.61 Å². The molecule has 0 unspecified atom stereocenters. The summed E-state index contributed by atoms with van der Waals surface area (Å²) in [5.74, 6) is 0.454. The number of nitrogens with two attached hydrogens (primary N) is 1. The van der Waals surface area contributed by atoms with Gasteiger partial charge in [-0.25, -0.2) is 13.1 Å². The molecule has 1 aromatic rings. The van der Waals surface area contributed by atoms with Gasteiger partial charge in [0.15, 0.2) is 0 Å². The Morgan fingerprint density at radius 2 is 2.28 bits per heavy atom. The molecule has 1 aliphatic heterocycles. The minimum Gasteiger partial charge on any atom is -0.492 e. The van der Waals surface area contributed by atoms with Crippen LogP contribution < -0.4 is 15.2 Å². The molecule has 0 aromatic heterocycles. The van der Waals surface area contributed by atoms with Gasteiger partial charge in [0.1, 0.15) is 10.6 Å². The Kier molecular flexibility index (Phi) is 3.96. The first kappa shape index (κ1) is 13.8. The maximum Gasteiger partial charge on any atom is 0.244 e. The van der Waals surface area contributed by atoms with Crippen molar-refractivity contribution in [3.63, 3.8) is 0 Å². The number of fused-ring (bicyclic) bond motifs is 1. The standard InChI is InChI=1S/C11H15BrN2O3S/c1-7(6-13)14-18(15,16)10-5-9(12)4-8-2-3-17-11(8)10/h4-5,7,14H,2-3,6,13H2,1H3/t7-/m0/s1. The topological polar surface area (TPSA) is 81.4 Å². The second-order valence-corrected chi connectivity index (χ2v) is 6.85. The van der Waals surface area contributed by atoms with E-state index in [4.69, 9.17) is 10.5 Å². The summed E-state index contributed by atoms with van der Waals surface area (Å²) in [5.41, 5.74) is 6.34. The summed E-state index contributed by atoms with van der Waals surface area (Å²) in [6, 6.07) is 3.12. The van der Waals surface area contributed by atoms with Crippen molar-refractivity contribution in [3.05, 3.63) is 22.2 Å². The second kappa shape index (κ2) is 5.16. The first-order valence-corrected chi connectivity index (χ1v) is 7.89. The first-order chi connectivity index (χ1) is 8.44. The number of ether oxygens (including phenoxy) is 1. The van der Waals surface area contributed by atoms with Crippen LogP contribution in [0.15, 0.2) is 21.5 Å². The summed E-state index contributed by atoms with van der Waals surface area (Å²) in [7, 11) is -3.60. The molecule has 0 radical (unpaired) electrons. The summed E-state index contributed by atoms with van der Waals surface area (Å²) < 4.78 is 33.2. The van der Waals surface area contributed by atoms with Crippen molar-refractivity contribution in [3.8, 4) is 5.75 Å². The molecule has 1 aliphatic rings. The van der Waals surface area contributed by atoms with Crippen molar-refractivity contribution in [1.29, 1.82) is 0 Å². The Labute approximate surface area is 115 Å². The molecule has 7 heteroatoms. The van der Waals surface area contributed by atoms with Crippen LogP contribution in [0.5, 0.6) is 5.75 Å². The molecule has 1 heterocycles. The molecule has 100 valence electrons. The van der Waals surface area contributed by atoms with Gasteiger partial charge in [-0.05, 0) is 19.1 Å². The Balaban J connectivity index is 2.45. The van der Waals surface area contributed by atoms with Crippen LogP contribution >= 0.6 is 15.9 Å². The number of benzene rings is 1. The Morgan fingerprint density at radius 3 is 2.94 bits per heavy atom. The molecule has 2 rings (SSSR count). The van der Waals surface area contributed by atoms with Gasteiger partial charge in [0.25, 0.3) is 0 Å². The van der Waals surface area contributed by atoms with Crippen LogP contribution in [0.25, 0.3) is 0 Å². The molecule has 0 bridgehead atoms. The van der Waals surface area contributed by atoms with Crippen LogP contribution in [0.1, 0.15) is 12.5 Å². The molecule has 18 heavy (non-hydrogen) atoms. The van der Waals surface area contributed by atoms with E-state index < -0.39 is 10.0 Å². The highest BCUT2D eigenvalue weighted by atomic mass is 79.9. The van der Waals surface area contributed by atoms with Crippen molar-refractivity contribution >= 4 is 26.0 Å². The maximum atomic E-state index is 12.2. The largest absolute Gasteiger partial charge is 0.492 e. The Morgan fingerprint density at radius 1 is 1.56 bits per heavy atom. The zero-order chi connectivity index (χ0) is 13.3. The fourth-order valence-corrected chi connectivity index (χ4v) is 3.94. The number of nitrogens with one attached hydrogen (secondary N) is 1. The minimum atomic E-state index is -3.60. The van der Waals surface area contributed by atoms with E-state index in [1.54, 1.807) is 13.0 Å². The lowest BCUT2D eigenvalue weighted by Gasteiger charge is -2.14. The van der Waals surface area contributed by atoms with E-state index in [2.05, 4.69) is 20.7 Å². The smallest absolute Gasteiger partial charge is 0.244 e. The number of rotatable bonds is 4. The average molecular weight is 335 g/mol. The van der Waals surface area contributed by atoms with Crippen molar-refractivity contribution in [2.24, 2.45) is 5.73 Å². The molecule has 1 atom stereocenters. The van der Waals surface area contributed by atoms with Crippen LogP contribution in [0.3, 0.4) is 0 Å². The minimum absolute atomic E-state index is 0.171. The highest BCUT2D eigenvalue weighted by Crippen LogP contribution is 2.35. The molecule has 0 fully saturated rings. The fourth-order valence-electron chi connectivity index (χ4n) is 1.81. The van der Waals surface area contributed by atoms with E-state index in [1.165, 1.54) is 0 Å². The van der Waals surface area contributed by atoms with E-state index >= 15 is 0 Å². The quantitative estimate of drug-likeness (QED) is 0.860. The maximum absolute atomic E-state index is 12.2. The average Bonchev–Trinajstić information content (AvgIpc) is 2.74. The van der Waals surface area contributed by atoms with Crippen LogP contribution in [-0.4, -0.2) is 27.6 Å². The second-order valence-electron chi connectivity index (χ2n) is 4.25. The molecule has 0 aliphatic carbocycles. The molecule has 0 saturated carbocycles. The normalized spacial score (nSPS) is 16.2. The van der Waals surface area contributed by atoms with E-state index in [9.17, 15) is 8.42 Å². The third-order valence-corrected chi connectivity index (χ3v) is 4.77. The van der Waals surface area contributed by atoms with Crippen molar-refractivity contribution in [1.82, 2.24) is 4.72 Å². The Hall–Kier alpha value is -0.630. The molecule has 0 amide bonds. The van der Waals surface area contributed by atoms with Gasteiger partial charge in [-0.15, -0.1) is 0 Å². The third kappa shape index (κ3) is 2.69. The lowest BCUT2D eigenvalue weighted by Crippen LogP contribution is -2.37. The van der Waals surface area contributed by atoms with Gasteiger partial charge in [-0.1, -0.05) is 15.9 Å². The zero-order valence-corrected chi connectivity index (χ0v) is 12.3. The molecule has 0 spiro atoms. The molecule has 1 aromatic carbocycles. The number of hydrogen-bond acceptors (Lipinski definition) is 4. The van der Waals surface area contributed by atoms with Crippen LogP contribution in [0, 0.1) is 0 Å². The first-order valence-electron chi connectivity index (χ1n) is 5.61. The third-order valence-electron chi connectivity index (χ3n) is 2.71. The van der Waals surface area contributed by atoms with Gasteiger partial charge in [0, 0.05) is 29.0 Å². The van der Waals surface area contributed by atoms with Gasteiger partial charge < -0.3 is 10.5 Å². The van der Waals surface area contributed by atoms with Crippen molar-refractivity contribution < 1.29 is 13.2 Å². The number of sulfonamides is 1. The lowest BCUT2D eigenvalue weighted by atomic mass is 10.2. The number of hydrogen-bond donors (Lipinski definition) is 2. The monoisotopic (exact) mass is 334 g/mol. The molecule has 0 saturated heterocycles. The lowest BCUT2D eigenvalue weighted by molar-refractivity contribution is 0.348. The predicted molar refractivity (Wildman–Crippen MR) is 72.2 cm³/mol. The summed E-state index contributed by atoms with van der Waals surface area (Å²) in [4.78, 5) is 0.171. The molecule has 3 N–H and O–H groups in total. The van der Waals surface area contributed by atoms with Gasteiger partial charge >= 0.3 is 0 Å². The van der Waals surface area contributed by atoms with E-state index in [1.807, 2.05) is 6.07 Å². The van der Waals surface area contributed by atoms with E-state index in [0.29, 0.717) is 12.4 Å². The zero-order valence-electron chi connectivity index (χ0n) is 9.94. The molecular formula is C11H15BrN2O3S. The van der Waals surface area contributed by atoms with Gasteiger partial charge in [-0.3, -0.25) is 0 Å². The highest BCUT2D eigenvalue weighted by Gasteiger charge is 2.27. The fraction of sp³-hybridized carbons (Fsp3) is 0.455. The Bertz CT molecular complexity index is 560. The summed E-state index contributed by atoms with van der Waals surface area (Å²) in [6.45, 7) is 2.48. The van der Waals surface area contributed by atoms with Crippen molar-refractivity contribution in [2.75, 3.05) is 13.2 Å². The summed E-state index contributed by atoms with van der Waals surface area (Å²) in [6.07, 6.45) is 0.726. The highest BCUT2D eigenvalue weighted by molar-refractivity contribution is 9.10. The summed E-state index contributed by atoms with van der Waals surface area (Å²) in [5, 5.41) is 0. The predicted octanol–water partition coefficient (Wildman–Crippen LogP) is 1.01. The molecule has 5 nitrogen and oxygen atoms in total. The van der Waals surface area contributed by atoms with Gasteiger partial charge in [0.2, 0.25) is 10.0 Å². The number of halogens is 1. The van der Waals surface area contributed by atoms with E-state index in [-0.39, 0.29) is 17.5 Å². The van der Waals surface area contributed by atoms with Gasteiger partial charge in [-0.2, -0.15) is 0 Å². The van der Waals surface area contributed by atoms with E-state index in [0.717, 1.165) is 16.5 Å². The molecular weight excluding hydrogens is 320 g/mol. The van der Waals surface area contributed by atoms with Crippen LogP contribution in [-0.2, 0) is 16.4 Å². The summed E-state index contributed by atoms with van der Waals surface area (Å²) >= 11 is 3.32. The van der Waals surface area contributed by atoms with Crippen LogP contribution in [0.2, 0.25) is 0 Å². The van der Waals surface area contributed by atoms with Crippen molar-refractivity contribution in [2.45, 2.75) is 24.3 Å². The SMILES string of the molecule is C[C@@H](CN)NS(=O)(=O)c1cc(Br)cc2c1OCC2.